The maximum Gasteiger partial charge on any atom is -0.00135 e. The van der Waals surface area contributed by atoms with Crippen LogP contribution in [0.3, 0.4) is 0 Å². The summed E-state index contributed by atoms with van der Waals surface area (Å²) in [6.07, 6.45) is 2.35. The second-order valence-electron chi connectivity index (χ2n) is 7.74. The fourth-order valence-corrected chi connectivity index (χ4v) is 3.96. The molecule has 0 heteroatoms. The minimum absolute atomic E-state index is 1.10. The third-order valence-electron chi connectivity index (χ3n) is 5.32. The molecule has 0 N–H and O–H groups in total. The summed E-state index contributed by atoms with van der Waals surface area (Å²) in [4.78, 5) is 0. The Morgan fingerprint density at radius 3 is 1.03 bits per heavy atom. The predicted octanol–water partition coefficient (Wildman–Crippen LogP) is 10.7. The van der Waals surface area contributed by atoms with Crippen LogP contribution in [0.5, 0.6) is 0 Å². The molecule has 0 saturated carbocycles. The zero-order chi connectivity index (χ0) is 24.8. The van der Waals surface area contributed by atoms with Gasteiger partial charge < -0.3 is 0 Å². The molecule has 5 aromatic rings. The topological polar surface area (TPSA) is 0 Å². The van der Waals surface area contributed by atoms with Crippen LogP contribution in [0.4, 0.5) is 0 Å². The molecule has 0 nitrogen and oxygen atoms in total. The number of benzene rings is 5. The fraction of sp³-hybridized carbons (Fsp3) is 0.235. The molecule has 0 aromatic heterocycles. The highest BCUT2D eigenvalue weighted by Crippen LogP contribution is 2.35. The summed E-state index contributed by atoms with van der Waals surface area (Å²) < 4.78 is 0. The molecule has 0 heterocycles. The van der Waals surface area contributed by atoms with E-state index in [-0.39, 0.29) is 0 Å². The lowest BCUT2D eigenvalue weighted by Gasteiger charge is -2.00. The lowest BCUT2D eigenvalue weighted by atomic mass is 10.0. The van der Waals surface area contributed by atoms with E-state index in [4.69, 9.17) is 0 Å². The van der Waals surface area contributed by atoms with Gasteiger partial charge in [-0.3, -0.25) is 0 Å². The first-order valence-corrected chi connectivity index (χ1v) is 12.8. The summed E-state index contributed by atoms with van der Waals surface area (Å²) in [5.74, 6) is 0. The van der Waals surface area contributed by atoms with Gasteiger partial charge in [0.25, 0.3) is 0 Å². The highest BCUT2D eigenvalue weighted by atomic mass is 14.2. The highest BCUT2D eigenvalue weighted by Gasteiger charge is 2.15. The maximum atomic E-state index is 2.24. The van der Waals surface area contributed by atoms with Crippen LogP contribution in [0, 0.1) is 0 Å². The van der Waals surface area contributed by atoms with Gasteiger partial charge in [0, 0.05) is 0 Å². The Hall–Kier alpha value is -3.38. The van der Waals surface area contributed by atoms with Gasteiger partial charge in [0.05, 0.1) is 0 Å². The largest absolute Gasteiger partial charge is 0.0683 e. The molecule has 6 rings (SSSR count). The Morgan fingerprint density at radius 2 is 0.706 bits per heavy atom. The molecule has 34 heavy (non-hydrogen) atoms. The summed E-state index contributed by atoms with van der Waals surface area (Å²) >= 11 is 0. The molecule has 0 atom stereocenters. The van der Waals surface area contributed by atoms with E-state index in [0.717, 1.165) is 6.42 Å². The van der Waals surface area contributed by atoms with Gasteiger partial charge in [0.2, 0.25) is 0 Å². The second-order valence-corrected chi connectivity index (χ2v) is 7.74. The molecule has 0 saturated heterocycles. The fourth-order valence-electron chi connectivity index (χ4n) is 3.96. The van der Waals surface area contributed by atoms with Crippen molar-refractivity contribution < 1.29 is 0 Å². The SMILES string of the molecule is CC.CC.CCC.c1ccc2c(c1)Cc1ccccc1-2.c1ccc2cc3ccccc3cc2c1. The van der Waals surface area contributed by atoms with E-state index in [1.165, 1.54) is 50.2 Å². The summed E-state index contributed by atoms with van der Waals surface area (Å²) in [7, 11) is 0. The molecule has 5 aromatic carbocycles. The molecule has 0 amide bonds. The molecule has 176 valence electrons. The smallest absolute Gasteiger partial charge is 0.00135 e. The minimum Gasteiger partial charge on any atom is -0.0683 e. The van der Waals surface area contributed by atoms with Gasteiger partial charge in [0.1, 0.15) is 0 Å². The van der Waals surface area contributed by atoms with E-state index in [1.807, 2.05) is 27.7 Å². The number of hydrogen-bond donors (Lipinski definition) is 0. The van der Waals surface area contributed by atoms with Crippen LogP contribution in [0.25, 0.3) is 32.7 Å². The molecule has 0 bridgehead atoms. The first-order valence-electron chi connectivity index (χ1n) is 12.8. The van der Waals surface area contributed by atoms with Crippen LogP contribution in [-0.2, 0) is 6.42 Å². The average Bonchev–Trinajstić information content (AvgIpc) is 3.29. The summed E-state index contributed by atoms with van der Waals surface area (Å²) in [5, 5.41) is 5.25. The normalized spacial score (nSPS) is 10.1. The van der Waals surface area contributed by atoms with Crippen LogP contribution in [0.2, 0.25) is 0 Å². The van der Waals surface area contributed by atoms with Crippen LogP contribution in [0.1, 0.15) is 59.1 Å². The Morgan fingerprint density at radius 1 is 0.441 bits per heavy atom. The van der Waals surface area contributed by atoms with Crippen molar-refractivity contribution in [3.8, 4) is 11.1 Å². The molecular weight excluding hydrogens is 408 g/mol. The quantitative estimate of drug-likeness (QED) is 0.203. The minimum atomic E-state index is 1.10. The standard InChI is InChI=1S/C14H10.C13H10.C3H8.2C2H6/c1-2-6-12-10-14-8-4-3-7-13(14)9-11(12)5-1;1-3-7-12-10(5-1)9-11-6-2-4-8-13(11)12;1-3-2;2*1-2/h1-10H;1-8H,9H2;3H2,1-2H3;2*1-2H3. The lowest BCUT2D eigenvalue weighted by Crippen LogP contribution is -1.77. The van der Waals surface area contributed by atoms with Crippen molar-refractivity contribution in [3.05, 3.63) is 120 Å². The maximum absolute atomic E-state index is 2.24. The van der Waals surface area contributed by atoms with Gasteiger partial charge in [-0.25, -0.2) is 0 Å². The molecule has 0 fully saturated rings. The Labute approximate surface area is 207 Å². The van der Waals surface area contributed by atoms with Crippen molar-refractivity contribution in [3.63, 3.8) is 0 Å². The first kappa shape index (κ1) is 26.9. The molecular formula is C34H40. The summed E-state index contributed by atoms with van der Waals surface area (Å²) in [6, 6.07) is 38.7. The van der Waals surface area contributed by atoms with Crippen molar-refractivity contribution in [1.82, 2.24) is 0 Å². The predicted molar refractivity (Wildman–Crippen MR) is 155 cm³/mol. The molecule has 1 aliphatic rings. The van der Waals surface area contributed by atoms with Crippen molar-refractivity contribution in [1.29, 1.82) is 0 Å². The second kappa shape index (κ2) is 14.7. The van der Waals surface area contributed by atoms with E-state index in [1.54, 1.807) is 0 Å². The first-order chi connectivity index (χ1) is 16.8. The van der Waals surface area contributed by atoms with Gasteiger partial charge in [-0.15, -0.1) is 0 Å². The van der Waals surface area contributed by atoms with Crippen molar-refractivity contribution in [2.24, 2.45) is 0 Å². The molecule has 0 aliphatic heterocycles. The molecule has 0 spiro atoms. The zero-order valence-electron chi connectivity index (χ0n) is 21.8. The van der Waals surface area contributed by atoms with Crippen LogP contribution >= 0.6 is 0 Å². The average molecular weight is 449 g/mol. The van der Waals surface area contributed by atoms with Crippen LogP contribution < -0.4 is 0 Å². The highest BCUT2D eigenvalue weighted by molar-refractivity contribution is 5.98. The van der Waals surface area contributed by atoms with E-state index in [9.17, 15) is 0 Å². The molecule has 1 aliphatic carbocycles. The summed E-state index contributed by atoms with van der Waals surface area (Å²) in [5.41, 5.74) is 5.75. The third kappa shape index (κ3) is 6.81. The van der Waals surface area contributed by atoms with Crippen LogP contribution in [-0.4, -0.2) is 0 Å². The van der Waals surface area contributed by atoms with E-state index in [2.05, 4.69) is 123 Å². The van der Waals surface area contributed by atoms with Gasteiger partial charge in [0.15, 0.2) is 0 Å². The summed E-state index contributed by atoms with van der Waals surface area (Å²) in [6.45, 7) is 12.2. The lowest BCUT2D eigenvalue weighted by molar-refractivity contribution is 1.09. The third-order valence-corrected chi connectivity index (χ3v) is 5.32. The van der Waals surface area contributed by atoms with Crippen molar-refractivity contribution >= 4 is 21.5 Å². The number of fused-ring (bicyclic) bond motifs is 5. The number of rotatable bonds is 0. The van der Waals surface area contributed by atoms with Crippen molar-refractivity contribution in [2.75, 3.05) is 0 Å². The van der Waals surface area contributed by atoms with Crippen LogP contribution in [0.15, 0.2) is 109 Å². The Balaban J connectivity index is 0.000000191. The monoisotopic (exact) mass is 448 g/mol. The van der Waals surface area contributed by atoms with Gasteiger partial charge in [-0.1, -0.05) is 145 Å². The van der Waals surface area contributed by atoms with Gasteiger partial charge >= 0.3 is 0 Å². The van der Waals surface area contributed by atoms with Gasteiger partial charge in [-0.05, 0) is 62.4 Å². The Kier molecular flexibility index (Phi) is 11.6. The van der Waals surface area contributed by atoms with Gasteiger partial charge in [-0.2, -0.15) is 0 Å². The van der Waals surface area contributed by atoms with E-state index < -0.39 is 0 Å². The van der Waals surface area contributed by atoms with E-state index >= 15 is 0 Å². The van der Waals surface area contributed by atoms with Crippen molar-refractivity contribution in [2.45, 2.75) is 54.4 Å². The Bertz CT molecular complexity index is 1110. The number of hydrogen-bond acceptors (Lipinski definition) is 0. The van der Waals surface area contributed by atoms with E-state index in [0.29, 0.717) is 0 Å². The molecule has 0 radical (unpaired) electrons. The zero-order valence-corrected chi connectivity index (χ0v) is 21.8. The molecule has 0 unspecified atom stereocenters.